The first-order valence-corrected chi connectivity index (χ1v) is 11.9. The third-order valence-corrected chi connectivity index (χ3v) is 6.08. The van der Waals surface area contributed by atoms with Crippen molar-refractivity contribution in [3.05, 3.63) is 95.3 Å². The van der Waals surface area contributed by atoms with Crippen LogP contribution in [-0.4, -0.2) is 65.7 Å². The van der Waals surface area contributed by atoms with Crippen LogP contribution in [0.2, 0.25) is 0 Å². The first kappa shape index (κ1) is 25.1. The van der Waals surface area contributed by atoms with E-state index in [1.807, 2.05) is 75.7 Å². The second kappa shape index (κ2) is 11.2. The molecule has 1 amide bonds. The normalized spacial score (nSPS) is 11.9. The molecule has 0 saturated carbocycles. The van der Waals surface area contributed by atoms with Crippen molar-refractivity contribution in [2.45, 2.75) is 12.8 Å². The molecule has 2 N–H and O–H groups in total. The van der Waals surface area contributed by atoms with Crippen LogP contribution in [-0.2, 0) is 11.2 Å². The molecular weight excluding hydrogens is 455 g/mol. The molecular formula is C29H31FN4O2. The number of amides is 1. The van der Waals surface area contributed by atoms with Gasteiger partial charge in [0.2, 0.25) is 5.91 Å². The molecule has 6 nitrogen and oxygen atoms in total. The van der Waals surface area contributed by atoms with E-state index in [-0.39, 0.29) is 17.6 Å². The van der Waals surface area contributed by atoms with E-state index in [2.05, 4.69) is 9.88 Å². The van der Waals surface area contributed by atoms with Gasteiger partial charge >= 0.3 is 0 Å². The van der Waals surface area contributed by atoms with Gasteiger partial charge in [-0.3, -0.25) is 4.79 Å². The summed E-state index contributed by atoms with van der Waals surface area (Å²) >= 11 is 0. The van der Waals surface area contributed by atoms with Crippen LogP contribution >= 0.6 is 0 Å². The van der Waals surface area contributed by atoms with Gasteiger partial charge in [-0.25, -0.2) is 9.38 Å². The van der Waals surface area contributed by atoms with Gasteiger partial charge in [-0.1, -0.05) is 42.5 Å². The highest BCUT2D eigenvalue weighted by Crippen LogP contribution is 2.32. The van der Waals surface area contributed by atoms with Crippen molar-refractivity contribution in [2.24, 2.45) is 4.99 Å². The summed E-state index contributed by atoms with van der Waals surface area (Å²) in [6.07, 6.45) is 1.25. The molecule has 3 aromatic carbocycles. The van der Waals surface area contributed by atoms with E-state index in [1.165, 1.54) is 12.1 Å². The largest absolute Gasteiger partial charge is 0.494 e. The number of aromatic hydroxyl groups is 1. The highest BCUT2D eigenvalue weighted by Gasteiger charge is 2.19. The van der Waals surface area contributed by atoms with Crippen molar-refractivity contribution >= 4 is 28.2 Å². The summed E-state index contributed by atoms with van der Waals surface area (Å²) in [6, 6.07) is 21.4. The van der Waals surface area contributed by atoms with Gasteiger partial charge in [0.15, 0.2) is 5.88 Å². The van der Waals surface area contributed by atoms with Crippen LogP contribution in [0, 0.1) is 5.82 Å². The average molecular weight is 487 g/mol. The number of carbonyl (C=O) groups is 1. The standard InChI is InChI=1S/C29H31FN4O2/c1-33(2)16-7-17-34(3)26(35)18-20-10-13-23(14-11-20)31-28(21-8-5-4-6-9-21)27-24-15-12-22(30)19-25(24)32-29(27)36/h4-6,8-15,19,32,36H,7,16-18H2,1-3H3. The molecule has 0 unspecified atom stereocenters. The summed E-state index contributed by atoms with van der Waals surface area (Å²) in [6.45, 7) is 1.66. The molecule has 0 spiro atoms. The van der Waals surface area contributed by atoms with Crippen molar-refractivity contribution in [1.82, 2.24) is 14.8 Å². The predicted octanol–water partition coefficient (Wildman–Crippen LogP) is 5.13. The van der Waals surface area contributed by atoms with Gasteiger partial charge in [-0.2, -0.15) is 0 Å². The Kier molecular flexibility index (Phi) is 7.80. The van der Waals surface area contributed by atoms with E-state index in [0.717, 1.165) is 30.6 Å². The van der Waals surface area contributed by atoms with E-state index in [4.69, 9.17) is 4.99 Å². The minimum atomic E-state index is -0.387. The summed E-state index contributed by atoms with van der Waals surface area (Å²) < 4.78 is 13.8. The second-order valence-electron chi connectivity index (χ2n) is 9.18. The molecule has 0 aliphatic rings. The molecule has 1 heterocycles. The molecule has 0 fully saturated rings. The lowest BCUT2D eigenvalue weighted by molar-refractivity contribution is -0.129. The number of carbonyl (C=O) groups excluding carboxylic acids is 1. The maximum absolute atomic E-state index is 13.8. The predicted molar refractivity (Wildman–Crippen MR) is 143 cm³/mol. The molecule has 0 atom stereocenters. The van der Waals surface area contributed by atoms with E-state index >= 15 is 0 Å². The summed E-state index contributed by atoms with van der Waals surface area (Å²) in [5.41, 5.74) is 3.97. The zero-order valence-electron chi connectivity index (χ0n) is 20.8. The van der Waals surface area contributed by atoms with Crippen LogP contribution in [0.5, 0.6) is 5.88 Å². The third kappa shape index (κ3) is 5.98. The highest BCUT2D eigenvalue weighted by molar-refractivity contribution is 6.21. The Morgan fingerprint density at radius 2 is 1.69 bits per heavy atom. The van der Waals surface area contributed by atoms with Crippen LogP contribution in [0.1, 0.15) is 23.1 Å². The fourth-order valence-electron chi connectivity index (χ4n) is 4.13. The quantitative estimate of drug-likeness (QED) is 0.322. The summed E-state index contributed by atoms with van der Waals surface area (Å²) in [7, 11) is 5.88. The van der Waals surface area contributed by atoms with E-state index < -0.39 is 0 Å². The SMILES string of the molecule is CN(C)CCCN(C)C(=O)Cc1ccc(N=C(c2ccccc2)c2c(O)[nH]c3cc(F)ccc23)cc1. The maximum atomic E-state index is 13.8. The summed E-state index contributed by atoms with van der Waals surface area (Å²) in [4.78, 5) is 24.2. The second-order valence-corrected chi connectivity index (χ2v) is 9.18. The fraction of sp³-hybridized carbons (Fsp3) is 0.241. The van der Waals surface area contributed by atoms with Gasteiger partial charge in [0.05, 0.1) is 28.9 Å². The van der Waals surface area contributed by atoms with Crippen LogP contribution < -0.4 is 0 Å². The molecule has 0 aliphatic heterocycles. The molecule has 7 heteroatoms. The number of halogens is 1. The van der Waals surface area contributed by atoms with Crippen LogP contribution in [0.3, 0.4) is 0 Å². The zero-order valence-corrected chi connectivity index (χ0v) is 20.8. The lowest BCUT2D eigenvalue weighted by Gasteiger charge is -2.18. The number of hydrogen-bond acceptors (Lipinski definition) is 4. The number of hydrogen-bond donors (Lipinski definition) is 2. The average Bonchev–Trinajstić information content (AvgIpc) is 3.18. The Balaban J connectivity index is 1.60. The lowest BCUT2D eigenvalue weighted by Crippen LogP contribution is -2.30. The first-order chi connectivity index (χ1) is 17.3. The number of aromatic amines is 1. The van der Waals surface area contributed by atoms with Gasteiger partial charge in [-0.05, 0) is 63.0 Å². The molecule has 4 aromatic rings. The van der Waals surface area contributed by atoms with E-state index in [9.17, 15) is 14.3 Å². The van der Waals surface area contributed by atoms with E-state index in [1.54, 1.807) is 11.0 Å². The van der Waals surface area contributed by atoms with Crippen molar-refractivity contribution in [2.75, 3.05) is 34.2 Å². The van der Waals surface area contributed by atoms with E-state index in [0.29, 0.717) is 34.3 Å². The summed E-state index contributed by atoms with van der Waals surface area (Å²) in [5.74, 6) is -0.384. The molecule has 0 saturated heterocycles. The molecule has 36 heavy (non-hydrogen) atoms. The highest BCUT2D eigenvalue weighted by atomic mass is 19.1. The molecule has 1 aromatic heterocycles. The number of fused-ring (bicyclic) bond motifs is 1. The van der Waals surface area contributed by atoms with Crippen LogP contribution in [0.25, 0.3) is 10.9 Å². The minimum absolute atomic E-state index is 0.0716. The first-order valence-electron chi connectivity index (χ1n) is 11.9. The van der Waals surface area contributed by atoms with Gasteiger partial charge < -0.3 is 19.9 Å². The molecule has 0 bridgehead atoms. The number of likely N-dealkylation sites (N-methyl/N-ethyl adjacent to an activating group) is 1. The Labute approximate surface area is 210 Å². The number of H-pyrrole nitrogens is 1. The van der Waals surface area contributed by atoms with Crippen molar-refractivity contribution in [3.63, 3.8) is 0 Å². The van der Waals surface area contributed by atoms with Gasteiger partial charge in [-0.15, -0.1) is 0 Å². The molecule has 0 aliphatic carbocycles. The number of rotatable bonds is 9. The topological polar surface area (TPSA) is 71.9 Å². The molecule has 4 rings (SSSR count). The van der Waals surface area contributed by atoms with Gasteiger partial charge in [0.25, 0.3) is 0 Å². The zero-order chi connectivity index (χ0) is 25.7. The lowest BCUT2D eigenvalue weighted by atomic mass is 10.0. The van der Waals surface area contributed by atoms with Crippen LogP contribution in [0.4, 0.5) is 10.1 Å². The number of nitrogens with zero attached hydrogens (tertiary/aromatic N) is 3. The number of aromatic nitrogens is 1. The molecule has 186 valence electrons. The van der Waals surface area contributed by atoms with Gasteiger partial charge in [0.1, 0.15) is 5.82 Å². The van der Waals surface area contributed by atoms with Crippen LogP contribution in [0.15, 0.2) is 77.8 Å². The Morgan fingerprint density at radius 1 is 0.972 bits per heavy atom. The number of nitrogens with one attached hydrogen (secondary N) is 1. The molecule has 0 radical (unpaired) electrons. The van der Waals surface area contributed by atoms with Crippen molar-refractivity contribution in [1.29, 1.82) is 0 Å². The monoisotopic (exact) mass is 486 g/mol. The smallest absolute Gasteiger partial charge is 0.226 e. The van der Waals surface area contributed by atoms with Crippen molar-refractivity contribution in [3.8, 4) is 5.88 Å². The third-order valence-electron chi connectivity index (χ3n) is 6.08. The maximum Gasteiger partial charge on any atom is 0.226 e. The fourth-order valence-corrected chi connectivity index (χ4v) is 4.13. The van der Waals surface area contributed by atoms with Crippen molar-refractivity contribution < 1.29 is 14.3 Å². The Hall–Kier alpha value is -3.97. The Bertz CT molecular complexity index is 1360. The summed E-state index contributed by atoms with van der Waals surface area (Å²) in [5, 5.41) is 11.4. The van der Waals surface area contributed by atoms with Gasteiger partial charge in [0, 0.05) is 24.5 Å². The minimum Gasteiger partial charge on any atom is -0.494 e. The Morgan fingerprint density at radius 3 is 2.39 bits per heavy atom. The number of benzene rings is 3. The number of aliphatic imine (C=N–C) groups is 1.